The first-order chi connectivity index (χ1) is 9.70. The molecule has 0 bridgehead atoms. The molecule has 2 rings (SSSR count). The Labute approximate surface area is 124 Å². The zero-order valence-electron chi connectivity index (χ0n) is 11.8. The van der Waals surface area contributed by atoms with E-state index in [4.69, 9.17) is 4.74 Å². The van der Waals surface area contributed by atoms with E-state index in [1.54, 1.807) is 18.9 Å². The molecule has 0 amide bonds. The molecule has 0 N–H and O–H groups in total. The molecule has 0 radical (unpaired) electrons. The summed E-state index contributed by atoms with van der Waals surface area (Å²) in [5.41, 5.74) is 3.00. The molecule has 0 aromatic heterocycles. The summed E-state index contributed by atoms with van der Waals surface area (Å²) in [4.78, 5) is 12.2. The number of benzene rings is 2. The quantitative estimate of drug-likeness (QED) is 0.747. The van der Waals surface area contributed by atoms with Gasteiger partial charge in [-0.25, -0.2) is 0 Å². The molecular formula is C17H18O2S. The third kappa shape index (κ3) is 3.87. The molecule has 2 nitrogen and oxygen atoms in total. The summed E-state index contributed by atoms with van der Waals surface area (Å²) < 4.78 is 5.28. The number of methoxy groups -OCH3 is 1. The summed E-state index contributed by atoms with van der Waals surface area (Å²) >= 11 is 1.63. The fraction of sp³-hybridized carbons (Fsp3) is 0.235. The second-order valence-corrected chi connectivity index (χ2v) is 5.59. The summed E-state index contributed by atoms with van der Waals surface area (Å²) in [7, 11) is 1.60. The molecule has 20 heavy (non-hydrogen) atoms. The van der Waals surface area contributed by atoms with Gasteiger partial charge >= 0.3 is 0 Å². The zero-order valence-corrected chi connectivity index (χ0v) is 12.6. The molecule has 0 saturated heterocycles. The highest BCUT2D eigenvalue weighted by atomic mass is 32.2. The Morgan fingerprint density at radius 3 is 2.60 bits per heavy atom. The first kappa shape index (κ1) is 14.7. The largest absolute Gasteiger partial charge is 0.496 e. The van der Waals surface area contributed by atoms with Crippen molar-refractivity contribution in [1.29, 1.82) is 0 Å². The van der Waals surface area contributed by atoms with Crippen LogP contribution in [0.2, 0.25) is 0 Å². The maximum atomic E-state index is 12.2. The predicted molar refractivity (Wildman–Crippen MR) is 84.7 cm³/mol. The highest BCUT2D eigenvalue weighted by Crippen LogP contribution is 2.22. The van der Waals surface area contributed by atoms with E-state index >= 15 is 0 Å². The Morgan fingerprint density at radius 1 is 1.15 bits per heavy atom. The Balaban J connectivity index is 1.95. The van der Waals surface area contributed by atoms with Gasteiger partial charge in [-0.15, -0.1) is 11.8 Å². The van der Waals surface area contributed by atoms with Crippen LogP contribution in [0.4, 0.5) is 0 Å². The van der Waals surface area contributed by atoms with Gasteiger partial charge in [-0.3, -0.25) is 4.79 Å². The van der Waals surface area contributed by atoms with Gasteiger partial charge in [-0.1, -0.05) is 36.4 Å². The second-order valence-electron chi connectivity index (χ2n) is 4.61. The van der Waals surface area contributed by atoms with E-state index in [1.807, 2.05) is 43.3 Å². The van der Waals surface area contributed by atoms with Crippen LogP contribution in [0.1, 0.15) is 21.5 Å². The normalized spacial score (nSPS) is 10.3. The van der Waals surface area contributed by atoms with Crippen molar-refractivity contribution >= 4 is 17.5 Å². The molecule has 104 valence electrons. The summed E-state index contributed by atoms with van der Waals surface area (Å²) in [6.07, 6.45) is 0. The van der Waals surface area contributed by atoms with Crippen LogP contribution in [-0.2, 0) is 5.75 Å². The average Bonchev–Trinajstić information content (AvgIpc) is 2.48. The first-order valence-corrected chi connectivity index (χ1v) is 7.65. The molecule has 0 spiro atoms. The number of rotatable bonds is 6. The van der Waals surface area contributed by atoms with E-state index in [2.05, 4.69) is 12.1 Å². The van der Waals surface area contributed by atoms with Gasteiger partial charge in [0.25, 0.3) is 0 Å². The molecular weight excluding hydrogens is 268 g/mol. The molecule has 0 aliphatic carbocycles. The van der Waals surface area contributed by atoms with Crippen LogP contribution in [0.25, 0.3) is 0 Å². The molecule has 0 aliphatic heterocycles. The van der Waals surface area contributed by atoms with Gasteiger partial charge in [0.15, 0.2) is 5.78 Å². The van der Waals surface area contributed by atoms with E-state index in [1.165, 1.54) is 5.56 Å². The Bertz CT molecular complexity index is 579. The molecule has 0 heterocycles. The lowest BCUT2D eigenvalue weighted by atomic mass is 10.1. The minimum Gasteiger partial charge on any atom is -0.496 e. The van der Waals surface area contributed by atoms with Crippen molar-refractivity contribution < 1.29 is 9.53 Å². The standard InChI is InChI=1S/C17H18O2S/c1-13-8-9-15(17(10-13)19-2)16(18)12-20-11-14-6-4-3-5-7-14/h3-10H,11-12H2,1-2H3. The zero-order chi connectivity index (χ0) is 14.4. The van der Waals surface area contributed by atoms with Gasteiger partial charge in [0.1, 0.15) is 5.75 Å². The smallest absolute Gasteiger partial charge is 0.176 e. The van der Waals surface area contributed by atoms with Crippen molar-refractivity contribution in [3.63, 3.8) is 0 Å². The van der Waals surface area contributed by atoms with Crippen molar-refractivity contribution in [2.24, 2.45) is 0 Å². The van der Waals surface area contributed by atoms with Crippen molar-refractivity contribution in [1.82, 2.24) is 0 Å². The maximum Gasteiger partial charge on any atom is 0.176 e. The third-order valence-corrected chi connectivity index (χ3v) is 4.01. The fourth-order valence-corrected chi connectivity index (χ4v) is 2.81. The number of aryl methyl sites for hydroxylation is 1. The Kier molecular flexibility index (Phi) is 5.24. The van der Waals surface area contributed by atoms with E-state index < -0.39 is 0 Å². The van der Waals surface area contributed by atoms with Crippen LogP contribution in [0.5, 0.6) is 5.75 Å². The van der Waals surface area contributed by atoms with Crippen LogP contribution in [0, 0.1) is 6.92 Å². The van der Waals surface area contributed by atoms with E-state index in [9.17, 15) is 4.79 Å². The van der Waals surface area contributed by atoms with Crippen LogP contribution in [0.15, 0.2) is 48.5 Å². The average molecular weight is 286 g/mol. The Hall–Kier alpha value is -1.74. The number of ether oxygens (including phenoxy) is 1. The molecule has 0 fully saturated rings. The molecule has 3 heteroatoms. The highest BCUT2D eigenvalue weighted by Gasteiger charge is 2.12. The van der Waals surface area contributed by atoms with Gasteiger partial charge in [-0.05, 0) is 30.2 Å². The monoisotopic (exact) mass is 286 g/mol. The predicted octanol–water partition coefficient (Wildman–Crippen LogP) is 4.12. The molecule has 2 aromatic rings. The van der Waals surface area contributed by atoms with Crippen molar-refractivity contribution in [2.45, 2.75) is 12.7 Å². The number of carbonyl (C=O) groups is 1. The van der Waals surface area contributed by atoms with Crippen LogP contribution < -0.4 is 4.74 Å². The number of hydrogen-bond acceptors (Lipinski definition) is 3. The highest BCUT2D eigenvalue weighted by molar-refractivity contribution is 7.99. The van der Waals surface area contributed by atoms with Crippen LogP contribution in [0.3, 0.4) is 0 Å². The van der Waals surface area contributed by atoms with E-state index in [-0.39, 0.29) is 5.78 Å². The molecule has 0 unspecified atom stereocenters. The number of thioether (sulfide) groups is 1. The lowest BCUT2D eigenvalue weighted by molar-refractivity contribution is 0.101. The number of Topliss-reactive ketones (excluding diaryl/α,β-unsaturated/α-hetero) is 1. The van der Waals surface area contributed by atoms with Crippen LogP contribution in [-0.4, -0.2) is 18.6 Å². The minimum atomic E-state index is 0.114. The van der Waals surface area contributed by atoms with Crippen molar-refractivity contribution in [3.05, 3.63) is 65.2 Å². The second kappa shape index (κ2) is 7.15. The van der Waals surface area contributed by atoms with Gasteiger partial charge in [0.2, 0.25) is 0 Å². The Morgan fingerprint density at radius 2 is 1.90 bits per heavy atom. The summed E-state index contributed by atoms with van der Waals surface area (Å²) in [6.45, 7) is 1.99. The first-order valence-electron chi connectivity index (χ1n) is 6.50. The maximum absolute atomic E-state index is 12.2. The fourth-order valence-electron chi connectivity index (χ4n) is 1.94. The lowest BCUT2D eigenvalue weighted by Gasteiger charge is -2.08. The number of hydrogen-bond donors (Lipinski definition) is 0. The van der Waals surface area contributed by atoms with Gasteiger partial charge in [-0.2, -0.15) is 0 Å². The minimum absolute atomic E-state index is 0.114. The summed E-state index contributed by atoms with van der Waals surface area (Å²) in [5.74, 6) is 2.09. The molecule has 0 saturated carbocycles. The molecule has 2 aromatic carbocycles. The van der Waals surface area contributed by atoms with Gasteiger partial charge in [0, 0.05) is 5.75 Å². The summed E-state index contributed by atoms with van der Waals surface area (Å²) in [5, 5.41) is 0. The third-order valence-electron chi connectivity index (χ3n) is 3.00. The molecule has 0 atom stereocenters. The van der Waals surface area contributed by atoms with E-state index in [0.717, 1.165) is 11.3 Å². The van der Waals surface area contributed by atoms with E-state index in [0.29, 0.717) is 17.1 Å². The van der Waals surface area contributed by atoms with Gasteiger partial charge in [0.05, 0.1) is 18.4 Å². The SMILES string of the molecule is COc1cc(C)ccc1C(=O)CSCc1ccccc1. The summed E-state index contributed by atoms with van der Waals surface area (Å²) in [6, 6.07) is 15.9. The number of carbonyl (C=O) groups excluding carboxylic acids is 1. The topological polar surface area (TPSA) is 26.3 Å². The van der Waals surface area contributed by atoms with Crippen molar-refractivity contribution in [3.8, 4) is 5.75 Å². The molecule has 0 aliphatic rings. The lowest BCUT2D eigenvalue weighted by Crippen LogP contribution is -2.05. The van der Waals surface area contributed by atoms with Crippen molar-refractivity contribution in [2.75, 3.05) is 12.9 Å². The van der Waals surface area contributed by atoms with Crippen LogP contribution >= 0.6 is 11.8 Å². The van der Waals surface area contributed by atoms with Gasteiger partial charge < -0.3 is 4.74 Å². The number of ketones is 1.